The summed E-state index contributed by atoms with van der Waals surface area (Å²) in [4.78, 5) is 18.7. The quantitative estimate of drug-likeness (QED) is 0.925. The highest BCUT2D eigenvalue weighted by Gasteiger charge is 2.23. The molecule has 1 aliphatic rings. The molecule has 110 valence electrons. The summed E-state index contributed by atoms with van der Waals surface area (Å²) in [5, 5.41) is 3.29. The molecule has 21 heavy (non-hydrogen) atoms. The molecule has 1 fully saturated rings. The molecule has 1 aromatic carbocycles. The second-order valence-electron chi connectivity index (χ2n) is 5.18. The maximum absolute atomic E-state index is 12.4. The predicted octanol–water partition coefficient (Wildman–Crippen LogP) is 3.03. The van der Waals surface area contributed by atoms with E-state index in [9.17, 15) is 4.79 Å². The molecule has 6 heteroatoms. The fourth-order valence-electron chi connectivity index (χ4n) is 2.39. The zero-order valence-electron chi connectivity index (χ0n) is 11.5. The van der Waals surface area contributed by atoms with Crippen LogP contribution in [0.5, 0.6) is 0 Å². The Labute approximate surface area is 132 Å². The van der Waals surface area contributed by atoms with Gasteiger partial charge in [-0.1, -0.05) is 23.7 Å². The maximum atomic E-state index is 12.4. The fraction of sp³-hybridized carbons (Fsp3) is 0.333. The van der Waals surface area contributed by atoms with E-state index in [1.54, 1.807) is 0 Å². The summed E-state index contributed by atoms with van der Waals surface area (Å²) >= 11 is 7.45. The second-order valence-corrected chi connectivity index (χ2v) is 6.47. The molecule has 0 radical (unpaired) electrons. The van der Waals surface area contributed by atoms with Crippen LogP contribution in [0.1, 0.15) is 23.3 Å². The van der Waals surface area contributed by atoms with Crippen LogP contribution in [-0.4, -0.2) is 34.9 Å². The van der Waals surface area contributed by atoms with Crippen LogP contribution in [-0.2, 0) is 0 Å². The lowest BCUT2D eigenvalue weighted by Gasteiger charge is -2.29. The minimum Gasteiger partial charge on any atom is -0.337 e. The number of halogens is 1. The first-order valence-electron chi connectivity index (χ1n) is 6.90. The number of carbonyl (C=O) groups is 1. The van der Waals surface area contributed by atoms with Gasteiger partial charge in [0, 0.05) is 35.1 Å². The van der Waals surface area contributed by atoms with E-state index in [-0.39, 0.29) is 11.9 Å². The summed E-state index contributed by atoms with van der Waals surface area (Å²) in [5.41, 5.74) is 7.31. The SMILES string of the molecule is NC1CCN(C(=O)c2csc(-c3cccc(Cl)c3)n2)CC1. The third-order valence-electron chi connectivity index (χ3n) is 3.62. The van der Waals surface area contributed by atoms with Crippen LogP contribution in [0.2, 0.25) is 5.02 Å². The molecule has 1 aromatic heterocycles. The molecular formula is C15H16ClN3OS. The first-order chi connectivity index (χ1) is 10.1. The highest BCUT2D eigenvalue weighted by atomic mass is 35.5. The third-order valence-corrected chi connectivity index (χ3v) is 4.75. The number of benzene rings is 1. The third kappa shape index (κ3) is 3.26. The number of hydrogen-bond donors (Lipinski definition) is 1. The standard InChI is InChI=1S/C15H16ClN3OS/c16-11-3-1-2-10(8-11)14-18-13(9-21-14)15(20)19-6-4-12(17)5-7-19/h1-3,8-9,12H,4-7,17H2. The van der Waals surface area contributed by atoms with Crippen molar-refractivity contribution in [3.05, 3.63) is 40.4 Å². The van der Waals surface area contributed by atoms with Crippen molar-refractivity contribution < 1.29 is 4.79 Å². The number of carbonyl (C=O) groups excluding carboxylic acids is 1. The molecule has 0 atom stereocenters. The summed E-state index contributed by atoms with van der Waals surface area (Å²) in [6.45, 7) is 1.42. The highest BCUT2D eigenvalue weighted by molar-refractivity contribution is 7.13. The molecular weight excluding hydrogens is 306 g/mol. The lowest BCUT2D eigenvalue weighted by Crippen LogP contribution is -2.42. The van der Waals surface area contributed by atoms with E-state index in [1.165, 1.54) is 11.3 Å². The van der Waals surface area contributed by atoms with Crippen molar-refractivity contribution in [1.82, 2.24) is 9.88 Å². The van der Waals surface area contributed by atoms with E-state index in [2.05, 4.69) is 4.98 Å². The van der Waals surface area contributed by atoms with E-state index in [0.29, 0.717) is 23.8 Å². The molecule has 3 rings (SSSR count). The van der Waals surface area contributed by atoms with Crippen LogP contribution in [0, 0.1) is 0 Å². The summed E-state index contributed by atoms with van der Waals surface area (Å²) in [6, 6.07) is 7.72. The largest absolute Gasteiger partial charge is 0.337 e. The van der Waals surface area contributed by atoms with Crippen LogP contribution >= 0.6 is 22.9 Å². The first-order valence-corrected chi connectivity index (χ1v) is 8.15. The lowest BCUT2D eigenvalue weighted by molar-refractivity contribution is 0.0709. The number of likely N-dealkylation sites (tertiary alicyclic amines) is 1. The van der Waals surface area contributed by atoms with Crippen LogP contribution in [0.3, 0.4) is 0 Å². The van der Waals surface area contributed by atoms with Crippen molar-refractivity contribution in [2.45, 2.75) is 18.9 Å². The molecule has 1 saturated heterocycles. The molecule has 0 unspecified atom stereocenters. The monoisotopic (exact) mass is 321 g/mol. The molecule has 2 heterocycles. The van der Waals surface area contributed by atoms with E-state index in [1.807, 2.05) is 34.5 Å². The minimum absolute atomic E-state index is 0.00794. The van der Waals surface area contributed by atoms with Crippen molar-refractivity contribution >= 4 is 28.8 Å². The van der Waals surface area contributed by atoms with E-state index in [4.69, 9.17) is 17.3 Å². The summed E-state index contributed by atoms with van der Waals surface area (Å²) in [7, 11) is 0. The average Bonchev–Trinajstić information content (AvgIpc) is 2.97. The fourth-order valence-corrected chi connectivity index (χ4v) is 3.37. The van der Waals surface area contributed by atoms with Gasteiger partial charge in [0.25, 0.3) is 5.91 Å². The minimum atomic E-state index is -0.00794. The smallest absolute Gasteiger partial charge is 0.273 e. The Morgan fingerprint density at radius 1 is 1.38 bits per heavy atom. The van der Waals surface area contributed by atoms with Crippen LogP contribution < -0.4 is 5.73 Å². The van der Waals surface area contributed by atoms with Gasteiger partial charge in [-0.05, 0) is 25.0 Å². The second kappa shape index (κ2) is 6.13. The van der Waals surface area contributed by atoms with Crippen LogP contribution in [0.15, 0.2) is 29.6 Å². The van der Waals surface area contributed by atoms with Gasteiger partial charge in [-0.25, -0.2) is 4.98 Å². The molecule has 2 aromatic rings. The number of nitrogens with two attached hydrogens (primary N) is 1. The number of aromatic nitrogens is 1. The highest BCUT2D eigenvalue weighted by Crippen LogP contribution is 2.26. The summed E-state index contributed by atoms with van der Waals surface area (Å²) < 4.78 is 0. The molecule has 4 nitrogen and oxygen atoms in total. The maximum Gasteiger partial charge on any atom is 0.273 e. The Morgan fingerprint density at radius 3 is 2.86 bits per heavy atom. The normalized spacial score (nSPS) is 16.2. The van der Waals surface area contributed by atoms with Crippen molar-refractivity contribution in [2.24, 2.45) is 5.73 Å². The lowest BCUT2D eigenvalue weighted by atomic mass is 10.1. The molecule has 0 spiro atoms. The summed E-state index contributed by atoms with van der Waals surface area (Å²) in [5.74, 6) is -0.00794. The van der Waals surface area contributed by atoms with Crippen LogP contribution in [0.4, 0.5) is 0 Å². The number of hydrogen-bond acceptors (Lipinski definition) is 4. The van der Waals surface area contributed by atoms with Crippen molar-refractivity contribution in [3.8, 4) is 10.6 Å². The van der Waals surface area contributed by atoms with Crippen molar-refractivity contribution in [1.29, 1.82) is 0 Å². The van der Waals surface area contributed by atoms with Gasteiger partial charge in [-0.2, -0.15) is 0 Å². The summed E-state index contributed by atoms with van der Waals surface area (Å²) in [6.07, 6.45) is 1.72. The van der Waals surface area contributed by atoms with Gasteiger partial charge < -0.3 is 10.6 Å². The number of amides is 1. The number of piperidine rings is 1. The number of thiazole rings is 1. The molecule has 0 bridgehead atoms. The zero-order valence-corrected chi connectivity index (χ0v) is 13.0. The Balaban J connectivity index is 1.77. The van der Waals surface area contributed by atoms with Crippen LogP contribution in [0.25, 0.3) is 10.6 Å². The van der Waals surface area contributed by atoms with Crippen molar-refractivity contribution in [3.63, 3.8) is 0 Å². The van der Waals surface area contributed by atoms with Gasteiger partial charge in [0.05, 0.1) is 0 Å². The Hall–Kier alpha value is -1.43. The van der Waals surface area contributed by atoms with Gasteiger partial charge in [-0.15, -0.1) is 11.3 Å². The Kier molecular flexibility index (Phi) is 4.24. The van der Waals surface area contributed by atoms with E-state index < -0.39 is 0 Å². The molecule has 1 amide bonds. The number of rotatable bonds is 2. The van der Waals surface area contributed by atoms with Gasteiger partial charge in [-0.3, -0.25) is 4.79 Å². The van der Waals surface area contributed by atoms with Gasteiger partial charge in [0.1, 0.15) is 10.7 Å². The van der Waals surface area contributed by atoms with Gasteiger partial charge in [0.2, 0.25) is 0 Å². The molecule has 2 N–H and O–H groups in total. The van der Waals surface area contributed by atoms with Crippen molar-refractivity contribution in [2.75, 3.05) is 13.1 Å². The molecule has 1 aliphatic heterocycles. The molecule has 0 saturated carbocycles. The van der Waals surface area contributed by atoms with Gasteiger partial charge in [0.15, 0.2) is 0 Å². The van der Waals surface area contributed by atoms with E-state index in [0.717, 1.165) is 23.4 Å². The average molecular weight is 322 g/mol. The Morgan fingerprint density at radius 2 is 2.14 bits per heavy atom. The first kappa shape index (κ1) is 14.5. The molecule has 0 aliphatic carbocycles. The zero-order chi connectivity index (χ0) is 14.8. The number of nitrogens with zero attached hydrogens (tertiary/aromatic N) is 2. The topological polar surface area (TPSA) is 59.2 Å². The van der Waals surface area contributed by atoms with E-state index >= 15 is 0 Å². The predicted molar refractivity (Wildman–Crippen MR) is 85.7 cm³/mol. The Bertz CT molecular complexity index is 650. The van der Waals surface area contributed by atoms with Gasteiger partial charge >= 0.3 is 0 Å².